The number of nitrogens with one attached hydrogen (secondary N) is 1. The largest absolute Gasteiger partial charge is 0.383 e. The third-order valence-corrected chi connectivity index (χ3v) is 5.81. The van der Waals surface area contributed by atoms with Gasteiger partial charge in [-0.1, -0.05) is 49.3 Å². The number of carbonyl (C=O) groups excluding carboxylic acids is 1. The van der Waals surface area contributed by atoms with Crippen molar-refractivity contribution in [3.8, 4) is 0 Å². The van der Waals surface area contributed by atoms with Crippen molar-refractivity contribution in [1.29, 1.82) is 0 Å². The first kappa shape index (κ1) is 22.3. The SMILES string of the molecule is COCCn1c(SCC(=O)Nc2ccc(C(C)C)cc2)nc2cc(Cl)ccc2c1=O. The van der Waals surface area contributed by atoms with Crippen LogP contribution in [0.3, 0.4) is 0 Å². The number of amides is 1. The molecule has 30 heavy (non-hydrogen) atoms. The summed E-state index contributed by atoms with van der Waals surface area (Å²) in [6.07, 6.45) is 0. The van der Waals surface area contributed by atoms with Crippen LogP contribution in [0.25, 0.3) is 10.9 Å². The number of hydrogen-bond acceptors (Lipinski definition) is 5. The highest BCUT2D eigenvalue weighted by molar-refractivity contribution is 7.99. The Bertz CT molecular complexity index is 1100. The Morgan fingerprint density at radius 1 is 1.23 bits per heavy atom. The average Bonchev–Trinajstić information content (AvgIpc) is 2.72. The van der Waals surface area contributed by atoms with Crippen molar-refractivity contribution < 1.29 is 9.53 Å². The molecule has 0 bridgehead atoms. The summed E-state index contributed by atoms with van der Waals surface area (Å²) in [4.78, 5) is 29.9. The van der Waals surface area contributed by atoms with E-state index in [9.17, 15) is 9.59 Å². The van der Waals surface area contributed by atoms with Gasteiger partial charge in [0.25, 0.3) is 5.56 Å². The highest BCUT2D eigenvalue weighted by atomic mass is 35.5. The highest BCUT2D eigenvalue weighted by Gasteiger charge is 2.14. The van der Waals surface area contributed by atoms with Crippen molar-refractivity contribution in [2.75, 3.05) is 24.8 Å². The van der Waals surface area contributed by atoms with Crippen molar-refractivity contribution in [1.82, 2.24) is 9.55 Å². The van der Waals surface area contributed by atoms with Crippen LogP contribution < -0.4 is 10.9 Å². The lowest BCUT2D eigenvalue weighted by Gasteiger charge is -2.13. The summed E-state index contributed by atoms with van der Waals surface area (Å²) in [6, 6.07) is 12.8. The van der Waals surface area contributed by atoms with Crippen LogP contribution in [0.15, 0.2) is 52.4 Å². The number of rotatable bonds is 8. The van der Waals surface area contributed by atoms with E-state index in [1.54, 1.807) is 25.3 Å². The molecule has 0 saturated carbocycles. The van der Waals surface area contributed by atoms with E-state index in [0.717, 1.165) is 5.69 Å². The number of thioether (sulfide) groups is 1. The number of ether oxygens (including phenoxy) is 1. The fraction of sp³-hybridized carbons (Fsp3) is 0.318. The number of anilines is 1. The monoisotopic (exact) mass is 445 g/mol. The number of carbonyl (C=O) groups is 1. The van der Waals surface area contributed by atoms with Crippen LogP contribution in [0, 0.1) is 0 Å². The first-order valence-electron chi connectivity index (χ1n) is 9.60. The maximum Gasteiger partial charge on any atom is 0.262 e. The predicted molar refractivity (Wildman–Crippen MR) is 123 cm³/mol. The van der Waals surface area contributed by atoms with E-state index in [2.05, 4.69) is 24.1 Å². The summed E-state index contributed by atoms with van der Waals surface area (Å²) in [5, 5.41) is 4.32. The van der Waals surface area contributed by atoms with Crippen LogP contribution in [-0.4, -0.2) is 34.9 Å². The third kappa shape index (κ3) is 5.41. The van der Waals surface area contributed by atoms with Gasteiger partial charge in [0.1, 0.15) is 0 Å². The van der Waals surface area contributed by atoms with Gasteiger partial charge in [0.15, 0.2) is 5.16 Å². The first-order chi connectivity index (χ1) is 14.4. The maximum absolute atomic E-state index is 12.9. The molecule has 3 rings (SSSR count). The van der Waals surface area contributed by atoms with Gasteiger partial charge in [-0.3, -0.25) is 14.2 Å². The molecule has 8 heteroatoms. The Labute approximate surface area is 184 Å². The Morgan fingerprint density at radius 3 is 2.63 bits per heavy atom. The molecule has 6 nitrogen and oxygen atoms in total. The lowest BCUT2D eigenvalue weighted by atomic mass is 10.0. The lowest BCUT2D eigenvalue weighted by molar-refractivity contribution is -0.113. The minimum absolute atomic E-state index is 0.122. The molecule has 158 valence electrons. The Morgan fingerprint density at radius 2 is 1.97 bits per heavy atom. The van der Waals surface area contributed by atoms with Gasteiger partial charge in [-0.15, -0.1) is 0 Å². The molecule has 2 aromatic carbocycles. The zero-order chi connectivity index (χ0) is 21.7. The Kier molecular flexibility index (Phi) is 7.53. The van der Waals surface area contributed by atoms with Crippen LogP contribution in [0.2, 0.25) is 5.02 Å². The van der Waals surface area contributed by atoms with Gasteiger partial charge in [0, 0.05) is 17.8 Å². The fourth-order valence-corrected chi connectivity index (χ4v) is 3.93. The molecule has 0 atom stereocenters. The molecule has 1 N–H and O–H groups in total. The number of benzene rings is 2. The van der Waals surface area contributed by atoms with Gasteiger partial charge < -0.3 is 10.1 Å². The molecule has 1 heterocycles. The molecule has 1 aromatic heterocycles. The van der Waals surface area contributed by atoms with Gasteiger partial charge in [0.05, 0.1) is 29.8 Å². The number of halogens is 1. The van der Waals surface area contributed by atoms with Gasteiger partial charge >= 0.3 is 0 Å². The number of aromatic nitrogens is 2. The predicted octanol–water partition coefficient (Wildman–Crippen LogP) is 4.55. The van der Waals surface area contributed by atoms with E-state index < -0.39 is 0 Å². The number of hydrogen-bond donors (Lipinski definition) is 1. The van der Waals surface area contributed by atoms with E-state index >= 15 is 0 Å². The summed E-state index contributed by atoms with van der Waals surface area (Å²) in [7, 11) is 1.57. The third-order valence-electron chi connectivity index (χ3n) is 4.59. The molecule has 0 aliphatic heterocycles. The van der Waals surface area contributed by atoms with Crippen molar-refractivity contribution in [2.24, 2.45) is 0 Å². The molecular weight excluding hydrogens is 422 g/mol. The van der Waals surface area contributed by atoms with Crippen LogP contribution in [0.5, 0.6) is 0 Å². The Balaban J connectivity index is 1.78. The number of nitrogens with zero attached hydrogens (tertiary/aromatic N) is 2. The van der Waals surface area contributed by atoms with Gasteiger partial charge in [-0.25, -0.2) is 4.98 Å². The lowest BCUT2D eigenvalue weighted by Crippen LogP contribution is -2.26. The minimum Gasteiger partial charge on any atom is -0.383 e. The second kappa shape index (κ2) is 10.1. The van der Waals surface area contributed by atoms with E-state index in [1.165, 1.54) is 21.9 Å². The van der Waals surface area contributed by atoms with E-state index in [4.69, 9.17) is 16.3 Å². The quantitative estimate of drug-likeness (QED) is 0.406. The van der Waals surface area contributed by atoms with Crippen molar-refractivity contribution in [3.05, 3.63) is 63.4 Å². The van der Waals surface area contributed by atoms with Gasteiger partial charge in [-0.05, 0) is 41.8 Å². The molecule has 0 spiro atoms. The summed E-state index contributed by atoms with van der Waals surface area (Å²) < 4.78 is 6.66. The smallest absolute Gasteiger partial charge is 0.262 e. The summed E-state index contributed by atoms with van der Waals surface area (Å²) in [5.41, 5.74) is 2.28. The van der Waals surface area contributed by atoms with Crippen LogP contribution in [-0.2, 0) is 16.1 Å². The molecule has 1 amide bonds. The summed E-state index contributed by atoms with van der Waals surface area (Å²) in [6.45, 7) is 4.96. The fourth-order valence-electron chi connectivity index (χ4n) is 2.94. The van der Waals surface area contributed by atoms with Crippen molar-refractivity contribution >= 4 is 45.9 Å². The van der Waals surface area contributed by atoms with Gasteiger partial charge in [0.2, 0.25) is 5.91 Å². The molecule has 0 aliphatic carbocycles. The molecule has 0 saturated heterocycles. The average molecular weight is 446 g/mol. The molecule has 0 aliphatic rings. The summed E-state index contributed by atoms with van der Waals surface area (Å²) in [5.74, 6) is 0.384. The number of methoxy groups -OCH3 is 1. The molecule has 3 aromatic rings. The maximum atomic E-state index is 12.9. The van der Waals surface area contributed by atoms with Crippen molar-refractivity contribution in [2.45, 2.75) is 31.5 Å². The first-order valence-corrected chi connectivity index (χ1v) is 11.0. The minimum atomic E-state index is -0.180. The molecule has 0 unspecified atom stereocenters. The topological polar surface area (TPSA) is 73.2 Å². The molecule has 0 fully saturated rings. The van der Waals surface area contributed by atoms with Gasteiger partial charge in [-0.2, -0.15) is 0 Å². The van der Waals surface area contributed by atoms with E-state index in [-0.39, 0.29) is 17.2 Å². The highest BCUT2D eigenvalue weighted by Crippen LogP contribution is 2.21. The molecule has 0 radical (unpaired) electrons. The van der Waals surface area contributed by atoms with Crippen LogP contribution in [0.4, 0.5) is 5.69 Å². The zero-order valence-corrected chi connectivity index (χ0v) is 18.7. The van der Waals surface area contributed by atoms with E-state index in [1.807, 2.05) is 24.3 Å². The van der Waals surface area contributed by atoms with Crippen molar-refractivity contribution in [3.63, 3.8) is 0 Å². The normalized spacial score (nSPS) is 11.2. The van der Waals surface area contributed by atoms with Crippen LogP contribution >= 0.6 is 23.4 Å². The second-order valence-corrected chi connectivity index (χ2v) is 8.50. The Hall–Kier alpha value is -2.35. The van der Waals surface area contributed by atoms with E-state index in [0.29, 0.717) is 40.2 Å². The molecular formula is C22H24ClN3O3S. The second-order valence-electron chi connectivity index (χ2n) is 7.12. The zero-order valence-electron chi connectivity index (χ0n) is 17.1. The van der Waals surface area contributed by atoms with Crippen LogP contribution in [0.1, 0.15) is 25.3 Å². The number of fused-ring (bicyclic) bond motifs is 1. The standard InChI is InChI=1S/C22H24ClN3O3S/c1-14(2)15-4-7-17(8-5-15)24-20(27)13-30-22-25-19-12-16(23)6-9-18(19)21(28)26(22)10-11-29-3/h4-9,12,14H,10-11,13H2,1-3H3,(H,24,27). The summed E-state index contributed by atoms with van der Waals surface area (Å²) >= 11 is 7.26.